The summed E-state index contributed by atoms with van der Waals surface area (Å²) >= 11 is 3.35. The Morgan fingerprint density at radius 3 is 3.00 bits per heavy atom. The molecule has 1 aliphatic rings. The molecule has 0 saturated carbocycles. The maximum Gasteiger partial charge on any atom is 0.258 e. The summed E-state index contributed by atoms with van der Waals surface area (Å²) in [6.07, 6.45) is 0.363. The highest BCUT2D eigenvalue weighted by Crippen LogP contribution is 2.27. The van der Waals surface area contributed by atoms with E-state index >= 15 is 0 Å². The van der Waals surface area contributed by atoms with E-state index in [4.69, 9.17) is 4.74 Å². The molecule has 0 atom stereocenters. The van der Waals surface area contributed by atoms with Crippen LogP contribution < -0.4 is 0 Å². The second kappa shape index (κ2) is 3.53. The minimum absolute atomic E-state index is 0.0712. The van der Waals surface area contributed by atoms with Crippen molar-refractivity contribution in [1.29, 1.82) is 0 Å². The molecular formula is C10H8BrNO2. The normalized spacial score (nSPS) is 14.7. The predicted octanol–water partition coefficient (Wildman–Crippen LogP) is 2.25. The van der Waals surface area contributed by atoms with Crippen LogP contribution in [0.3, 0.4) is 0 Å². The molecule has 0 bridgehead atoms. The van der Waals surface area contributed by atoms with Crippen LogP contribution in [-0.2, 0) is 16.0 Å². The van der Waals surface area contributed by atoms with Gasteiger partial charge in [-0.15, -0.1) is 0 Å². The molecule has 0 N–H and O–H groups in total. The van der Waals surface area contributed by atoms with Gasteiger partial charge in [-0.3, -0.25) is 4.79 Å². The Hall–Kier alpha value is -1.16. The number of ether oxygens (including phenoxy) is 1. The van der Waals surface area contributed by atoms with E-state index in [2.05, 4.69) is 20.9 Å². The number of benzene rings is 1. The third-order valence-electron chi connectivity index (χ3n) is 2.05. The zero-order valence-corrected chi connectivity index (χ0v) is 9.17. The van der Waals surface area contributed by atoms with Gasteiger partial charge >= 0.3 is 0 Å². The maximum atomic E-state index is 11.4. The van der Waals surface area contributed by atoms with Gasteiger partial charge in [0.05, 0.1) is 12.8 Å². The van der Waals surface area contributed by atoms with E-state index in [1.807, 2.05) is 18.2 Å². The summed E-state index contributed by atoms with van der Waals surface area (Å²) in [6.45, 7) is 0. The van der Waals surface area contributed by atoms with Crippen LogP contribution in [0.5, 0.6) is 0 Å². The molecule has 4 heteroatoms. The lowest BCUT2D eigenvalue weighted by molar-refractivity contribution is -0.113. The summed E-state index contributed by atoms with van der Waals surface area (Å²) in [5, 5.41) is 0. The second-order valence-corrected chi connectivity index (χ2v) is 3.91. The number of aliphatic imine (C=N–C) groups is 1. The monoisotopic (exact) mass is 253 g/mol. The summed E-state index contributed by atoms with van der Waals surface area (Å²) in [6, 6.07) is 5.67. The van der Waals surface area contributed by atoms with Crippen LogP contribution in [0.15, 0.2) is 27.7 Å². The van der Waals surface area contributed by atoms with E-state index in [1.54, 1.807) is 0 Å². The fraction of sp³-hybridized carbons (Fsp3) is 0.200. The first-order valence-electron chi connectivity index (χ1n) is 4.15. The third-order valence-corrected chi connectivity index (χ3v) is 2.54. The average molecular weight is 254 g/mol. The number of methoxy groups -OCH3 is 1. The van der Waals surface area contributed by atoms with Crippen molar-refractivity contribution >= 4 is 33.3 Å². The topological polar surface area (TPSA) is 38.7 Å². The van der Waals surface area contributed by atoms with Gasteiger partial charge in [-0.05, 0) is 23.8 Å². The lowest BCUT2D eigenvalue weighted by Crippen LogP contribution is -2.21. The molecule has 1 aliphatic heterocycles. The molecule has 0 spiro atoms. The highest BCUT2D eigenvalue weighted by atomic mass is 79.9. The standard InChI is InChI=1S/C10H8BrNO2/c1-14-10-9(13)5-6-4-7(11)2-3-8(6)12-10/h2-4H,5H2,1H3. The summed E-state index contributed by atoms with van der Waals surface area (Å²) in [7, 11) is 1.46. The van der Waals surface area contributed by atoms with Crippen LogP contribution in [0, 0.1) is 0 Å². The van der Waals surface area contributed by atoms with E-state index in [1.165, 1.54) is 7.11 Å². The highest BCUT2D eigenvalue weighted by molar-refractivity contribution is 9.10. The third kappa shape index (κ3) is 1.57. The fourth-order valence-electron chi connectivity index (χ4n) is 1.38. The first-order chi connectivity index (χ1) is 6.70. The lowest BCUT2D eigenvalue weighted by atomic mass is 10.0. The quantitative estimate of drug-likeness (QED) is 0.712. The van der Waals surface area contributed by atoms with E-state index < -0.39 is 0 Å². The van der Waals surface area contributed by atoms with Gasteiger partial charge in [0.25, 0.3) is 5.90 Å². The molecule has 0 aromatic heterocycles. The van der Waals surface area contributed by atoms with Gasteiger partial charge < -0.3 is 4.74 Å². The van der Waals surface area contributed by atoms with E-state index in [9.17, 15) is 4.79 Å². The largest absolute Gasteiger partial charge is 0.478 e. The maximum absolute atomic E-state index is 11.4. The van der Waals surface area contributed by atoms with Crippen molar-refractivity contribution in [2.24, 2.45) is 4.99 Å². The molecule has 0 unspecified atom stereocenters. The number of hydrogen-bond donors (Lipinski definition) is 0. The minimum Gasteiger partial charge on any atom is -0.478 e. The zero-order chi connectivity index (χ0) is 10.1. The number of halogens is 1. The molecule has 2 rings (SSSR count). The summed E-state index contributed by atoms with van der Waals surface area (Å²) < 4.78 is 5.84. The van der Waals surface area contributed by atoms with Crippen molar-refractivity contribution in [2.75, 3.05) is 7.11 Å². The van der Waals surface area contributed by atoms with Gasteiger partial charge in [0.2, 0.25) is 5.78 Å². The highest BCUT2D eigenvalue weighted by Gasteiger charge is 2.20. The van der Waals surface area contributed by atoms with Crippen LogP contribution in [0.1, 0.15) is 5.56 Å². The van der Waals surface area contributed by atoms with Crippen molar-refractivity contribution in [1.82, 2.24) is 0 Å². The summed E-state index contributed by atoms with van der Waals surface area (Å²) in [5.41, 5.74) is 1.75. The van der Waals surface area contributed by atoms with Crippen molar-refractivity contribution in [2.45, 2.75) is 6.42 Å². The van der Waals surface area contributed by atoms with E-state index in [0.717, 1.165) is 15.7 Å². The number of rotatable bonds is 0. The van der Waals surface area contributed by atoms with Crippen molar-refractivity contribution in [3.63, 3.8) is 0 Å². The SMILES string of the molecule is COC1=Nc2ccc(Br)cc2CC1=O. The van der Waals surface area contributed by atoms with Crippen LogP contribution >= 0.6 is 15.9 Å². The molecule has 0 saturated heterocycles. The van der Waals surface area contributed by atoms with Crippen molar-refractivity contribution < 1.29 is 9.53 Å². The van der Waals surface area contributed by atoms with Crippen molar-refractivity contribution in [3.8, 4) is 0 Å². The van der Waals surface area contributed by atoms with Gasteiger partial charge in [0.1, 0.15) is 0 Å². The number of carbonyl (C=O) groups excluding carboxylic acids is 1. The molecule has 72 valence electrons. The summed E-state index contributed by atoms with van der Waals surface area (Å²) in [5.74, 6) is 0.123. The van der Waals surface area contributed by atoms with Crippen LogP contribution in [0.2, 0.25) is 0 Å². The number of Topliss-reactive ketones (excluding diaryl/α,β-unsaturated/α-hetero) is 1. The Bertz CT molecular complexity index is 426. The number of ketones is 1. The average Bonchev–Trinajstić information content (AvgIpc) is 2.16. The zero-order valence-electron chi connectivity index (χ0n) is 7.58. The Labute approximate surface area is 89.9 Å². The van der Waals surface area contributed by atoms with E-state index in [-0.39, 0.29) is 11.7 Å². The number of carbonyl (C=O) groups is 1. The molecule has 1 aromatic carbocycles. The smallest absolute Gasteiger partial charge is 0.258 e. The lowest BCUT2D eigenvalue weighted by Gasteiger charge is -2.13. The van der Waals surface area contributed by atoms with Gasteiger partial charge in [0, 0.05) is 10.9 Å². The van der Waals surface area contributed by atoms with Crippen LogP contribution in [0.25, 0.3) is 0 Å². The Morgan fingerprint density at radius 2 is 2.29 bits per heavy atom. The van der Waals surface area contributed by atoms with E-state index in [0.29, 0.717) is 6.42 Å². The first-order valence-corrected chi connectivity index (χ1v) is 4.94. The molecule has 0 fully saturated rings. The molecule has 0 amide bonds. The molecule has 14 heavy (non-hydrogen) atoms. The van der Waals surface area contributed by atoms with Gasteiger partial charge in [-0.2, -0.15) is 0 Å². The predicted molar refractivity (Wildman–Crippen MR) is 57.0 cm³/mol. The minimum atomic E-state index is -0.0712. The molecule has 0 aliphatic carbocycles. The van der Waals surface area contributed by atoms with Crippen LogP contribution in [0.4, 0.5) is 5.69 Å². The second-order valence-electron chi connectivity index (χ2n) is 2.99. The Morgan fingerprint density at radius 1 is 1.50 bits per heavy atom. The van der Waals surface area contributed by atoms with Gasteiger partial charge in [-0.25, -0.2) is 4.99 Å². The molecule has 0 radical (unpaired) electrons. The Balaban J connectivity index is 2.51. The fourth-order valence-corrected chi connectivity index (χ4v) is 1.79. The number of hydrogen-bond acceptors (Lipinski definition) is 3. The number of nitrogens with zero attached hydrogens (tertiary/aromatic N) is 1. The van der Waals surface area contributed by atoms with Crippen molar-refractivity contribution in [3.05, 3.63) is 28.2 Å². The summed E-state index contributed by atoms with van der Waals surface area (Å²) in [4.78, 5) is 15.5. The molecule has 3 nitrogen and oxygen atoms in total. The number of fused-ring (bicyclic) bond motifs is 1. The molecule has 1 aromatic rings. The first kappa shape index (κ1) is 9.40. The van der Waals surface area contributed by atoms with Gasteiger partial charge in [0.15, 0.2) is 0 Å². The molecule has 1 heterocycles. The van der Waals surface area contributed by atoms with Gasteiger partial charge in [-0.1, -0.05) is 15.9 Å². The van der Waals surface area contributed by atoms with Crippen LogP contribution in [-0.4, -0.2) is 18.8 Å². The Kier molecular flexibility index (Phi) is 2.37. The molecular weight excluding hydrogens is 246 g/mol.